The van der Waals surface area contributed by atoms with Crippen LogP contribution in [-0.4, -0.2) is 29.8 Å². The van der Waals surface area contributed by atoms with Gasteiger partial charge in [0.05, 0.1) is 42.7 Å². The lowest BCUT2D eigenvalue weighted by Gasteiger charge is -2.33. The van der Waals surface area contributed by atoms with Crippen LogP contribution in [0.2, 0.25) is 0 Å². The number of methoxy groups -OCH3 is 1. The van der Waals surface area contributed by atoms with Gasteiger partial charge in [-0.3, -0.25) is 0 Å². The van der Waals surface area contributed by atoms with E-state index in [1.54, 1.807) is 26.2 Å². The van der Waals surface area contributed by atoms with E-state index in [9.17, 15) is 4.79 Å². The van der Waals surface area contributed by atoms with Crippen LogP contribution in [0.4, 0.5) is 0 Å². The molecule has 0 N–H and O–H groups in total. The first-order valence-corrected chi connectivity index (χ1v) is 11.3. The Morgan fingerprint density at radius 3 is 2.70 bits per heavy atom. The normalized spacial score (nSPS) is 16.7. The number of nitriles is 1. The van der Waals surface area contributed by atoms with E-state index in [1.807, 2.05) is 53.8 Å². The summed E-state index contributed by atoms with van der Waals surface area (Å²) in [6.07, 6.45) is 1.92. The second-order valence-electron chi connectivity index (χ2n) is 7.33. The van der Waals surface area contributed by atoms with E-state index in [1.165, 1.54) is 11.8 Å². The van der Waals surface area contributed by atoms with Gasteiger partial charge in [0.2, 0.25) is 0 Å². The van der Waals surface area contributed by atoms with Crippen molar-refractivity contribution in [3.8, 4) is 17.6 Å². The van der Waals surface area contributed by atoms with Gasteiger partial charge in [-0.2, -0.15) is 5.26 Å². The summed E-state index contributed by atoms with van der Waals surface area (Å²) in [7, 11) is 1.58. The van der Waals surface area contributed by atoms with Gasteiger partial charge in [0.25, 0.3) is 0 Å². The number of thioether (sulfide) groups is 1. The smallest absolute Gasteiger partial charge is 0.338 e. The van der Waals surface area contributed by atoms with Crippen molar-refractivity contribution in [2.24, 2.45) is 4.99 Å². The van der Waals surface area contributed by atoms with Gasteiger partial charge in [0.1, 0.15) is 6.61 Å². The summed E-state index contributed by atoms with van der Waals surface area (Å²) in [5.74, 6) is 0.759. The van der Waals surface area contributed by atoms with Crippen LogP contribution in [0.15, 0.2) is 70.3 Å². The number of nitrogens with zero attached hydrogens (tertiary/aromatic N) is 3. The van der Waals surface area contributed by atoms with Crippen molar-refractivity contribution < 1.29 is 19.0 Å². The van der Waals surface area contributed by atoms with Gasteiger partial charge in [0.15, 0.2) is 16.7 Å². The molecular weight excluding hydrogens is 438 g/mol. The highest BCUT2D eigenvalue weighted by atomic mass is 32.2. The van der Waals surface area contributed by atoms with Crippen LogP contribution < -0.4 is 9.47 Å². The molecule has 2 aliphatic heterocycles. The lowest BCUT2D eigenvalue weighted by Crippen LogP contribution is -2.34. The second kappa shape index (κ2) is 9.84. The Kier molecular flexibility index (Phi) is 6.71. The Labute approximate surface area is 197 Å². The quantitative estimate of drug-likeness (QED) is 0.542. The lowest BCUT2D eigenvalue weighted by atomic mass is 9.94. The molecule has 2 aromatic rings. The van der Waals surface area contributed by atoms with Gasteiger partial charge in [-0.15, -0.1) is 0 Å². The van der Waals surface area contributed by atoms with Gasteiger partial charge in [0, 0.05) is 6.20 Å². The maximum absolute atomic E-state index is 12.8. The first-order chi connectivity index (χ1) is 16.0. The van der Waals surface area contributed by atoms with Crippen LogP contribution in [0.25, 0.3) is 0 Å². The van der Waals surface area contributed by atoms with Crippen molar-refractivity contribution in [2.45, 2.75) is 26.5 Å². The van der Waals surface area contributed by atoms with E-state index in [0.717, 1.165) is 16.3 Å². The van der Waals surface area contributed by atoms with E-state index in [-0.39, 0.29) is 18.6 Å². The number of benzene rings is 2. The molecule has 2 aliphatic rings. The summed E-state index contributed by atoms with van der Waals surface area (Å²) in [5.41, 5.74) is 3.54. The molecule has 0 spiro atoms. The number of carbonyl (C=O) groups excluding carboxylic acids is 1. The average Bonchev–Trinajstić information content (AvgIpc) is 3.30. The monoisotopic (exact) mass is 461 g/mol. The van der Waals surface area contributed by atoms with E-state index in [0.29, 0.717) is 34.9 Å². The predicted molar refractivity (Wildman–Crippen MR) is 127 cm³/mol. The minimum absolute atomic E-state index is 0.287. The molecule has 1 atom stereocenters. The minimum atomic E-state index is -0.385. The van der Waals surface area contributed by atoms with Crippen LogP contribution in [0.1, 0.15) is 36.6 Å². The van der Waals surface area contributed by atoms with Gasteiger partial charge in [-0.25, -0.2) is 9.79 Å². The van der Waals surface area contributed by atoms with E-state index < -0.39 is 0 Å². The summed E-state index contributed by atoms with van der Waals surface area (Å²) in [6.45, 7) is 4.24. The zero-order valence-electron chi connectivity index (χ0n) is 18.6. The molecule has 0 bridgehead atoms. The number of aliphatic imine (C=N–C) groups is 1. The Hall–Kier alpha value is -3.70. The van der Waals surface area contributed by atoms with Crippen LogP contribution in [0.5, 0.6) is 11.5 Å². The number of fused-ring (bicyclic) bond motifs is 1. The number of esters is 1. The Morgan fingerprint density at radius 1 is 1.21 bits per heavy atom. The standard InChI is InChI=1S/C25H23N3O4S/c1-4-31-24(29)22-16(2)27-25-28(11-12-33-25)23(22)19-9-10-20(21(13-19)30-3)32-15-18-7-5-17(14-26)6-8-18/h5-13,23H,4,15H2,1-3H3/t23-/m0/s1. The molecule has 0 aliphatic carbocycles. The van der Waals surface area contributed by atoms with Crippen molar-refractivity contribution in [1.82, 2.24) is 4.90 Å². The fraction of sp³-hybridized carbons (Fsp3) is 0.240. The molecule has 0 saturated carbocycles. The molecule has 0 radical (unpaired) electrons. The molecule has 4 rings (SSSR count). The molecule has 2 heterocycles. The predicted octanol–water partition coefficient (Wildman–Crippen LogP) is 4.91. The molecule has 8 heteroatoms. The molecule has 2 aromatic carbocycles. The summed E-state index contributed by atoms with van der Waals surface area (Å²) in [5, 5.41) is 11.7. The van der Waals surface area contributed by atoms with Gasteiger partial charge in [-0.05, 0) is 54.6 Å². The molecular formula is C25H23N3O4S. The summed E-state index contributed by atoms with van der Waals surface area (Å²) >= 11 is 1.51. The number of carbonyl (C=O) groups is 1. The minimum Gasteiger partial charge on any atom is -0.493 e. The number of amidine groups is 1. The van der Waals surface area contributed by atoms with Crippen LogP contribution in [0, 0.1) is 11.3 Å². The number of allylic oxidation sites excluding steroid dienone is 1. The first-order valence-electron chi connectivity index (χ1n) is 10.4. The summed E-state index contributed by atoms with van der Waals surface area (Å²) in [6, 6.07) is 14.6. The van der Waals surface area contributed by atoms with E-state index >= 15 is 0 Å². The molecule has 0 amide bonds. The van der Waals surface area contributed by atoms with Crippen molar-refractivity contribution in [2.75, 3.05) is 13.7 Å². The van der Waals surface area contributed by atoms with E-state index in [4.69, 9.17) is 19.5 Å². The third kappa shape index (κ3) is 4.59. The molecule has 168 valence electrons. The highest BCUT2D eigenvalue weighted by Crippen LogP contribution is 2.43. The fourth-order valence-electron chi connectivity index (χ4n) is 3.71. The molecule has 0 saturated heterocycles. The number of rotatable bonds is 7. The van der Waals surface area contributed by atoms with Crippen LogP contribution in [-0.2, 0) is 16.1 Å². The number of ether oxygens (including phenoxy) is 3. The maximum atomic E-state index is 12.8. The molecule has 7 nitrogen and oxygen atoms in total. The zero-order valence-corrected chi connectivity index (χ0v) is 19.4. The fourth-order valence-corrected chi connectivity index (χ4v) is 4.50. The number of hydrogen-bond donors (Lipinski definition) is 0. The van der Waals surface area contributed by atoms with Crippen molar-refractivity contribution >= 4 is 22.9 Å². The number of hydrogen-bond acceptors (Lipinski definition) is 8. The topological polar surface area (TPSA) is 84.1 Å². The largest absolute Gasteiger partial charge is 0.493 e. The van der Waals surface area contributed by atoms with Crippen molar-refractivity contribution in [3.05, 3.63) is 82.0 Å². The van der Waals surface area contributed by atoms with E-state index in [2.05, 4.69) is 11.1 Å². The second-order valence-corrected chi connectivity index (χ2v) is 8.21. The summed E-state index contributed by atoms with van der Waals surface area (Å²) < 4.78 is 16.9. The molecule has 0 aromatic heterocycles. The van der Waals surface area contributed by atoms with Crippen LogP contribution in [0.3, 0.4) is 0 Å². The highest BCUT2D eigenvalue weighted by Gasteiger charge is 2.37. The van der Waals surface area contributed by atoms with Crippen LogP contribution >= 0.6 is 11.8 Å². The molecule has 0 unspecified atom stereocenters. The highest BCUT2D eigenvalue weighted by molar-refractivity contribution is 8.16. The Balaban J connectivity index is 1.63. The van der Waals surface area contributed by atoms with Crippen molar-refractivity contribution in [1.29, 1.82) is 5.26 Å². The Morgan fingerprint density at radius 2 is 2.00 bits per heavy atom. The van der Waals surface area contributed by atoms with Gasteiger partial charge < -0.3 is 19.1 Å². The lowest BCUT2D eigenvalue weighted by molar-refractivity contribution is -0.139. The average molecular weight is 462 g/mol. The van der Waals surface area contributed by atoms with Gasteiger partial charge >= 0.3 is 5.97 Å². The Bertz CT molecular complexity index is 1200. The molecule has 33 heavy (non-hydrogen) atoms. The van der Waals surface area contributed by atoms with Crippen molar-refractivity contribution in [3.63, 3.8) is 0 Å². The third-order valence-corrected chi connectivity index (χ3v) is 6.07. The summed E-state index contributed by atoms with van der Waals surface area (Å²) in [4.78, 5) is 19.4. The first kappa shape index (κ1) is 22.5. The van der Waals surface area contributed by atoms with Gasteiger partial charge in [-0.1, -0.05) is 30.0 Å². The third-order valence-electron chi connectivity index (χ3n) is 5.30. The SMILES string of the molecule is CCOC(=O)C1=C(C)N=C2SC=CN2[C@H]1c1ccc(OCc2ccc(C#N)cc2)c(OC)c1. The maximum Gasteiger partial charge on any atom is 0.338 e. The molecule has 0 fully saturated rings. The zero-order chi connectivity index (χ0) is 23.4.